The van der Waals surface area contributed by atoms with Gasteiger partial charge in [-0.15, -0.1) is 0 Å². The van der Waals surface area contributed by atoms with Gasteiger partial charge in [-0.25, -0.2) is 4.98 Å². The van der Waals surface area contributed by atoms with E-state index in [1.165, 1.54) is 6.07 Å². The Balaban J connectivity index is 2.39. The van der Waals surface area contributed by atoms with Gasteiger partial charge in [-0.05, 0) is 25.7 Å². The summed E-state index contributed by atoms with van der Waals surface area (Å²) in [5.74, 6) is 0.550. The Morgan fingerprint density at radius 3 is 2.86 bits per heavy atom. The third-order valence-electron chi connectivity index (χ3n) is 4.20. The first kappa shape index (κ1) is 15.2. The minimum atomic E-state index is -0.558. The van der Waals surface area contributed by atoms with Crippen molar-refractivity contribution in [3.8, 4) is 0 Å². The highest BCUT2D eigenvalue weighted by Gasteiger charge is 2.32. The maximum atomic E-state index is 12.7. The summed E-state index contributed by atoms with van der Waals surface area (Å²) in [6.45, 7) is 4.73. The molecule has 0 spiro atoms. The Bertz CT molecular complexity index is 561. The smallest absolute Gasteiger partial charge is 0.300 e. The molecule has 0 aliphatic carbocycles. The molecular formula is C14H20N4O3. The molecule has 1 fully saturated rings. The lowest BCUT2D eigenvalue weighted by Gasteiger charge is -2.37. The number of anilines is 1. The fraction of sp³-hybridized carbons (Fsp3) is 0.571. The molecule has 1 saturated heterocycles. The lowest BCUT2D eigenvalue weighted by Crippen LogP contribution is -2.46. The normalized spacial score (nSPS) is 22.0. The largest absolute Gasteiger partial charge is 0.373 e. The van der Waals surface area contributed by atoms with Crippen LogP contribution in [0.5, 0.6) is 0 Å². The van der Waals surface area contributed by atoms with Crippen LogP contribution >= 0.6 is 0 Å². The monoisotopic (exact) mass is 292 g/mol. The van der Waals surface area contributed by atoms with E-state index in [-0.39, 0.29) is 23.2 Å². The fourth-order valence-corrected chi connectivity index (χ4v) is 2.68. The van der Waals surface area contributed by atoms with Crippen LogP contribution in [0.1, 0.15) is 37.0 Å². The van der Waals surface area contributed by atoms with Crippen LogP contribution in [0.2, 0.25) is 0 Å². The van der Waals surface area contributed by atoms with E-state index in [0.717, 1.165) is 19.0 Å². The second kappa shape index (κ2) is 6.07. The second-order valence-corrected chi connectivity index (χ2v) is 5.45. The summed E-state index contributed by atoms with van der Waals surface area (Å²) >= 11 is 0. The van der Waals surface area contributed by atoms with E-state index in [1.807, 2.05) is 6.92 Å². The van der Waals surface area contributed by atoms with E-state index in [1.54, 1.807) is 11.9 Å². The number of carbonyl (C=O) groups is 1. The minimum absolute atomic E-state index is 0.0806. The van der Waals surface area contributed by atoms with E-state index < -0.39 is 4.92 Å². The average molecular weight is 292 g/mol. The third kappa shape index (κ3) is 2.96. The van der Waals surface area contributed by atoms with Crippen LogP contribution in [0.4, 0.5) is 11.5 Å². The number of amides is 1. The van der Waals surface area contributed by atoms with Gasteiger partial charge >= 0.3 is 0 Å². The molecule has 1 N–H and O–H groups in total. The van der Waals surface area contributed by atoms with Crippen LogP contribution in [0.25, 0.3) is 0 Å². The molecule has 1 aliphatic rings. The molecule has 0 radical (unpaired) electrons. The molecular weight excluding hydrogens is 272 g/mol. The number of likely N-dealkylation sites (tertiary alicyclic amines) is 1. The Hall–Kier alpha value is -2.18. The number of nitrogens with one attached hydrogen (secondary N) is 1. The van der Waals surface area contributed by atoms with Crippen molar-refractivity contribution in [2.75, 3.05) is 18.9 Å². The van der Waals surface area contributed by atoms with E-state index in [2.05, 4.69) is 17.2 Å². The van der Waals surface area contributed by atoms with Crippen molar-refractivity contribution in [3.63, 3.8) is 0 Å². The summed E-state index contributed by atoms with van der Waals surface area (Å²) in [5, 5.41) is 13.9. The Kier molecular flexibility index (Phi) is 4.40. The van der Waals surface area contributed by atoms with Gasteiger partial charge in [-0.1, -0.05) is 6.92 Å². The van der Waals surface area contributed by atoms with Crippen molar-refractivity contribution in [1.82, 2.24) is 9.88 Å². The number of hydrogen-bond donors (Lipinski definition) is 1. The van der Waals surface area contributed by atoms with Crippen LogP contribution in [0, 0.1) is 16.0 Å². The number of hydrogen-bond acceptors (Lipinski definition) is 5. The second-order valence-electron chi connectivity index (χ2n) is 5.45. The molecule has 1 aromatic rings. The number of nitrogens with zero attached hydrogens (tertiary/aromatic N) is 3. The summed E-state index contributed by atoms with van der Waals surface area (Å²) < 4.78 is 0. The maximum Gasteiger partial charge on any atom is 0.300 e. The predicted octanol–water partition coefficient (Wildman–Crippen LogP) is 2.29. The summed E-state index contributed by atoms with van der Waals surface area (Å²) in [5.41, 5.74) is -0.148. The summed E-state index contributed by atoms with van der Waals surface area (Å²) in [6.07, 6.45) is 3.14. The molecule has 114 valence electrons. The van der Waals surface area contributed by atoms with E-state index in [4.69, 9.17) is 0 Å². The van der Waals surface area contributed by atoms with Crippen LogP contribution in [0.15, 0.2) is 12.3 Å². The molecule has 0 bridgehead atoms. The lowest BCUT2D eigenvalue weighted by atomic mass is 9.91. The molecule has 2 rings (SSSR count). The summed E-state index contributed by atoms with van der Waals surface area (Å²) in [4.78, 5) is 28.9. The first-order chi connectivity index (χ1) is 9.95. The number of carbonyl (C=O) groups excluding carboxylic acids is 1. The molecule has 2 unspecified atom stereocenters. The molecule has 1 amide bonds. The van der Waals surface area contributed by atoms with E-state index in [0.29, 0.717) is 18.3 Å². The van der Waals surface area contributed by atoms with Crippen molar-refractivity contribution in [2.45, 2.75) is 32.7 Å². The van der Waals surface area contributed by atoms with Crippen LogP contribution in [-0.2, 0) is 0 Å². The van der Waals surface area contributed by atoms with Crippen molar-refractivity contribution < 1.29 is 9.72 Å². The molecule has 0 aromatic carbocycles. The fourth-order valence-electron chi connectivity index (χ4n) is 2.68. The third-order valence-corrected chi connectivity index (χ3v) is 4.20. The van der Waals surface area contributed by atoms with Crippen LogP contribution < -0.4 is 5.32 Å². The topological polar surface area (TPSA) is 88.4 Å². The van der Waals surface area contributed by atoms with Crippen molar-refractivity contribution in [2.24, 2.45) is 5.92 Å². The van der Waals surface area contributed by atoms with Crippen LogP contribution in [-0.4, -0.2) is 40.3 Å². The molecule has 0 saturated carbocycles. The highest BCUT2D eigenvalue weighted by Crippen LogP contribution is 2.28. The van der Waals surface area contributed by atoms with Gasteiger partial charge in [0.25, 0.3) is 11.6 Å². The zero-order valence-electron chi connectivity index (χ0n) is 12.5. The van der Waals surface area contributed by atoms with Gasteiger partial charge in [0, 0.05) is 25.7 Å². The van der Waals surface area contributed by atoms with E-state index >= 15 is 0 Å². The van der Waals surface area contributed by atoms with Gasteiger partial charge in [0.1, 0.15) is 17.6 Å². The zero-order chi connectivity index (χ0) is 15.6. The molecule has 1 aliphatic heterocycles. The molecule has 21 heavy (non-hydrogen) atoms. The number of rotatable bonds is 3. The highest BCUT2D eigenvalue weighted by molar-refractivity contribution is 5.99. The number of pyridine rings is 1. The van der Waals surface area contributed by atoms with E-state index in [9.17, 15) is 14.9 Å². The standard InChI is InChI=1S/C14H20N4O3/c1-9-5-4-6-17(10(9)2)14(19)11-7-13(15-3)16-8-12(11)18(20)21/h7-10H,4-6H2,1-3H3,(H,15,16). The first-order valence-electron chi connectivity index (χ1n) is 7.09. The Morgan fingerprint density at radius 1 is 1.52 bits per heavy atom. The van der Waals surface area contributed by atoms with Gasteiger partial charge < -0.3 is 10.2 Å². The summed E-state index contributed by atoms with van der Waals surface area (Å²) in [7, 11) is 1.66. The SMILES string of the molecule is CNc1cc(C(=O)N2CCCC(C)C2C)c([N+](=O)[O-])cn1. The maximum absolute atomic E-state index is 12.7. The molecule has 7 nitrogen and oxygen atoms in total. The summed E-state index contributed by atoms with van der Waals surface area (Å²) in [6, 6.07) is 1.53. The number of nitro groups is 1. The number of piperidine rings is 1. The lowest BCUT2D eigenvalue weighted by molar-refractivity contribution is -0.385. The Labute approximate surface area is 123 Å². The molecule has 2 heterocycles. The highest BCUT2D eigenvalue weighted by atomic mass is 16.6. The molecule has 1 aromatic heterocycles. The Morgan fingerprint density at radius 2 is 2.24 bits per heavy atom. The average Bonchev–Trinajstić information content (AvgIpc) is 2.48. The quantitative estimate of drug-likeness (QED) is 0.682. The van der Waals surface area contributed by atoms with Gasteiger partial charge in [0.15, 0.2) is 0 Å². The molecule has 2 atom stereocenters. The van der Waals surface area contributed by atoms with Crippen molar-refractivity contribution in [3.05, 3.63) is 27.9 Å². The predicted molar refractivity (Wildman–Crippen MR) is 79.3 cm³/mol. The van der Waals surface area contributed by atoms with Crippen molar-refractivity contribution in [1.29, 1.82) is 0 Å². The first-order valence-corrected chi connectivity index (χ1v) is 7.09. The zero-order valence-corrected chi connectivity index (χ0v) is 12.5. The minimum Gasteiger partial charge on any atom is -0.373 e. The van der Waals surface area contributed by atoms with Crippen LogP contribution in [0.3, 0.4) is 0 Å². The molecule has 7 heteroatoms. The van der Waals surface area contributed by atoms with Gasteiger partial charge in [0.05, 0.1) is 4.92 Å². The van der Waals surface area contributed by atoms with Gasteiger partial charge in [-0.2, -0.15) is 0 Å². The number of aromatic nitrogens is 1. The van der Waals surface area contributed by atoms with Crippen molar-refractivity contribution >= 4 is 17.4 Å². The van der Waals surface area contributed by atoms with Gasteiger partial charge in [-0.3, -0.25) is 14.9 Å². The van der Waals surface area contributed by atoms with Gasteiger partial charge in [0.2, 0.25) is 0 Å².